The predicted octanol–water partition coefficient (Wildman–Crippen LogP) is 3.88. The molecule has 0 saturated heterocycles. The fourth-order valence-corrected chi connectivity index (χ4v) is 2.72. The molecule has 0 amide bonds. The van der Waals surface area contributed by atoms with Crippen LogP contribution in [-0.4, -0.2) is 23.9 Å². The van der Waals surface area contributed by atoms with Crippen LogP contribution in [-0.2, 0) is 16.1 Å². The third-order valence-electron chi connectivity index (χ3n) is 2.52. The van der Waals surface area contributed by atoms with Crippen molar-refractivity contribution in [1.29, 1.82) is 0 Å². The Labute approximate surface area is 130 Å². The van der Waals surface area contributed by atoms with Crippen molar-refractivity contribution in [2.45, 2.75) is 44.7 Å². The number of halogens is 1. The second-order valence-corrected chi connectivity index (χ2v) is 6.84. The van der Waals surface area contributed by atoms with Crippen molar-refractivity contribution < 1.29 is 9.53 Å². The van der Waals surface area contributed by atoms with E-state index in [0.29, 0.717) is 18.9 Å². The molecule has 1 rings (SSSR count). The lowest BCUT2D eigenvalue weighted by molar-refractivity contribution is -0.139. The monoisotopic (exact) mass is 315 g/mol. The zero-order valence-corrected chi connectivity index (χ0v) is 14.0. The highest BCUT2D eigenvalue weighted by molar-refractivity contribution is 8.00. The third kappa shape index (κ3) is 6.16. The first-order chi connectivity index (χ1) is 9.33. The van der Waals surface area contributed by atoms with Crippen LogP contribution in [0.5, 0.6) is 0 Å². The summed E-state index contributed by atoms with van der Waals surface area (Å²) >= 11 is 7.73. The number of carbonyl (C=O) groups is 1. The van der Waals surface area contributed by atoms with Gasteiger partial charge in [0.25, 0.3) is 0 Å². The largest absolute Gasteiger partial charge is 0.465 e. The van der Waals surface area contributed by atoms with E-state index >= 15 is 0 Å². The highest BCUT2D eigenvalue weighted by Gasteiger charge is 2.14. The fraction of sp³-hybridized carbons (Fsp3) is 0.533. The molecule has 1 aromatic carbocycles. The smallest absolute Gasteiger partial charge is 0.316 e. The molecule has 0 atom stereocenters. The number of hydrogen-bond donors (Lipinski definition) is 1. The number of benzene rings is 1. The number of thioether (sulfide) groups is 1. The van der Waals surface area contributed by atoms with E-state index in [0.717, 1.165) is 15.5 Å². The van der Waals surface area contributed by atoms with Crippen LogP contribution in [0.15, 0.2) is 23.1 Å². The Hall–Kier alpha value is -0.710. The minimum Gasteiger partial charge on any atom is -0.465 e. The van der Waals surface area contributed by atoms with Crippen LogP contribution in [0.25, 0.3) is 0 Å². The summed E-state index contributed by atoms with van der Waals surface area (Å²) in [5.41, 5.74) is 1.04. The lowest BCUT2D eigenvalue weighted by Gasteiger charge is -2.22. The minimum atomic E-state index is -0.202. The second-order valence-electron chi connectivity index (χ2n) is 5.41. The standard InChI is InChI=1S/C15H22ClNO2S/c1-5-19-14(18)10-20-13-8-6-7-12(16)11(13)9-17-15(2,3)4/h6-8,17H,5,9-10H2,1-4H3. The Morgan fingerprint density at radius 1 is 1.40 bits per heavy atom. The molecule has 1 aromatic rings. The van der Waals surface area contributed by atoms with Gasteiger partial charge in [-0.2, -0.15) is 0 Å². The number of nitrogens with one attached hydrogen (secondary N) is 1. The number of hydrogen-bond acceptors (Lipinski definition) is 4. The van der Waals surface area contributed by atoms with Gasteiger partial charge in [0.05, 0.1) is 12.4 Å². The maximum absolute atomic E-state index is 11.4. The van der Waals surface area contributed by atoms with E-state index in [1.165, 1.54) is 11.8 Å². The Bertz CT molecular complexity index is 458. The van der Waals surface area contributed by atoms with E-state index in [9.17, 15) is 4.79 Å². The van der Waals surface area contributed by atoms with E-state index in [1.54, 1.807) is 6.92 Å². The maximum atomic E-state index is 11.4. The molecule has 0 bridgehead atoms. The summed E-state index contributed by atoms with van der Waals surface area (Å²) < 4.78 is 4.94. The van der Waals surface area contributed by atoms with Crippen LogP contribution in [0.2, 0.25) is 5.02 Å². The van der Waals surface area contributed by atoms with E-state index in [1.807, 2.05) is 18.2 Å². The van der Waals surface area contributed by atoms with Gasteiger partial charge in [-0.25, -0.2) is 0 Å². The molecule has 112 valence electrons. The van der Waals surface area contributed by atoms with Crippen LogP contribution >= 0.6 is 23.4 Å². The highest BCUT2D eigenvalue weighted by Crippen LogP contribution is 2.29. The second kappa shape index (κ2) is 7.91. The van der Waals surface area contributed by atoms with Gasteiger partial charge in [-0.1, -0.05) is 17.7 Å². The molecule has 3 nitrogen and oxygen atoms in total. The molecule has 0 aromatic heterocycles. The lowest BCUT2D eigenvalue weighted by atomic mass is 10.1. The average molecular weight is 316 g/mol. The van der Waals surface area contributed by atoms with E-state index in [2.05, 4.69) is 26.1 Å². The summed E-state index contributed by atoms with van der Waals surface area (Å²) in [6.45, 7) is 9.21. The van der Waals surface area contributed by atoms with Crippen molar-refractivity contribution in [2.24, 2.45) is 0 Å². The lowest BCUT2D eigenvalue weighted by Crippen LogP contribution is -2.35. The van der Waals surface area contributed by atoms with Crippen molar-refractivity contribution in [3.8, 4) is 0 Å². The van der Waals surface area contributed by atoms with Gasteiger partial charge in [0.2, 0.25) is 0 Å². The zero-order chi connectivity index (χ0) is 15.2. The Morgan fingerprint density at radius 3 is 2.70 bits per heavy atom. The Kier molecular flexibility index (Phi) is 6.86. The molecular formula is C15H22ClNO2S. The highest BCUT2D eigenvalue weighted by atomic mass is 35.5. The summed E-state index contributed by atoms with van der Waals surface area (Å²) in [6, 6.07) is 5.75. The van der Waals surface area contributed by atoms with Gasteiger partial charge >= 0.3 is 5.97 Å². The van der Waals surface area contributed by atoms with Gasteiger partial charge in [-0.05, 0) is 45.4 Å². The quantitative estimate of drug-likeness (QED) is 0.638. The first kappa shape index (κ1) is 17.3. The first-order valence-corrected chi connectivity index (χ1v) is 8.00. The molecule has 5 heteroatoms. The van der Waals surface area contributed by atoms with Gasteiger partial charge in [0, 0.05) is 22.0 Å². The van der Waals surface area contributed by atoms with Crippen molar-refractivity contribution >= 4 is 29.3 Å². The molecule has 0 heterocycles. The number of esters is 1. The van der Waals surface area contributed by atoms with E-state index in [-0.39, 0.29) is 11.5 Å². The number of rotatable bonds is 6. The molecule has 0 aliphatic carbocycles. The minimum absolute atomic E-state index is 0.0161. The number of ether oxygens (including phenoxy) is 1. The van der Waals surface area contributed by atoms with Crippen LogP contribution in [0.4, 0.5) is 0 Å². The summed E-state index contributed by atoms with van der Waals surface area (Å²) in [6.07, 6.45) is 0. The average Bonchev–Trinajstić information content (AvgIpc) is 2.34. The Balaban J connectivity index is 2.75. The van der Waals surface area contributed by atoms with Gasteiger partial charge in [-0.3, -0.25) is 4.79 Å². The van der Waals surface area contributed by atoms with Gasteiger partial charge in [0.15, 0.2) is 0 Å². The summed E-state index contributed by atoms with van der Waals surface area (Å²) in [7, 11) is 0. The Morgan fingerprint density at radius 2 is 2.10 bits per heavy atom. The first-order valence-electron chi connectivity index (χ1n) is 6.64. The zero-order valence-electron chi connectivity index (χ0n) is 12.5. The van der Waals surface area contributed by atoms with Crippen molar-refractivity contribution in [2.75, 3.05) is 12.4 Å². The summed E-state index contributed by atoms with van der Waals surface area (Å²) in [4.78, 5) is 12.5. The summed E-state index contributed by atoms with van der Waals surface area (Å²) in [5.74, 6) is 0.101. The molecule has 20 heavy (non-hydrogen) atoms. The fourth-order valence-electron chi connectivity index (χ4n) is 1.54. The van der Waals surface area contributed by atoms with Crippen LogP contribution < -0.4 is 5.32 Å². The van der Waals surface area contributed by atoms with Crippen LogP contribution in [0, 0.1) is 0 Å². The maximum Gasteiger partial charge on any atom is 0.316 e. The molecule has 0 saturated carbocycles. The van der Waals surface area contributed by atoms with Crippen molar-refractivity contribution in [1.82, 2.24) is 5.32 Å². The molecule has 0 aliphatic rings. The molecule has 0 aliphatic heterocycles. The molecule has 0 spiro atoms. The van der Waals surface area contributed by atoms with E-state index in [4.69, 9.17) is 16.3 Å². The molecular weight excluding hydrogens is 294 g/mol. The van der Waals surface area contributed by atoms with Crippen molar-refractivity contribution in [3.05, 3.63) is 28.8 Å². The molecule has 0 unspecified atom stereocenters. The van der Waals surface area contributed by atoms with Crippen LogP contribution in [0.3, 0.4) is 0 Å². The normalized spacial score (nSPS) is 11.4. The number of carbonyl (C=O) groups excluding carboxylic acids is 1. The summed E-state index contributed by atoms with van der Waals surface area (Å²) in [5, 5.41) is 4.14. The van der Waals surface area contributed by atoms with Gasteiger partial charge in [0.1, 0.15) is 0 Å². The molecule has 1 N–H and O–H groups in total. The van der Waals surface area contributed by atoms with Gasteiger partial charge < -0.3 is 10.1 Å². The topological polar surface area (TPSA) is 38.3 Å². The van der Waals surface area contributed by atoms with Crippen LogP contribution in [0.1, 0.15) is 33.3 Å². The molecule has 0 radical (unpaired) electrons. The van der Waals surface area contributed by atoms with E-state index < -0.39 is 0 Å². The third-order valence-corrected chi connectivity index (χ3v) is 3.95. The predicted molar refractivity (Wildman–Crippen MR) is 85.4 cm³/mol. The molecule has 0 fully saturated rings. The SMILES string of the molecule is CCOC(=O)CSc1cccc(Cl)c1CNC(C)(C)C. The van der Waals surface area contributed by atoms with Crippen molar-refractivity contribution in [3.63, 3.8) is 0 Å². The van der Waals surface area contributed by atoms with Gasteiger partial charge in [-0.15, -0.1) is 11.8 Å².